The Morgan fingerprint density at radius 1 is 1.20 bits per heavy atom. The molecule has 1 unspecified atom stereocenters. The number of anilines is 1. The van der Waals surface area contributed by atoms with Gasteiger partial charge >= 0.3 is 0 Å². The number of ether oxygens (including phenoxy) is 3. The molecule has 234 valence electrons. The standard InChI is InChI=1S/C31H36Cl2N6O5/c1-31(2,3)14-19(15-34)28(40)38-9-7-8-20(17-38)44-11-10-39-27-18(16-36-30(35-4)37-27)12-21(29(39)41)24-25(32)22(42-5)13-23(43-6)26(24)33/h12-14,16,20H,7-11,17H2,1-6H3,(H,35,36,37)/b19-14+. The number of benzene rings is 1. The fourth-order valence-electron chi connectivity index (χ4n) is 5.10. The summed E-state index contributed by atoms with van der Waals surface area (Å²) in [5, 5.41) is 13.4. The number of piperidine rings is 1. The molecule has 1 fully saturated rings. The number of carbonyl (C=O) groups is 1. The molecule has 2 aromatic heterocycles. The molecular weight excluding hydrogens is 607 g/mol. The Morgan fingerprint density at radius 2 is 1.89 bits per heavy atom. The van der Waals surface area contributed by atoms with Crippen LogP contribution < -0.4 is 20.3 Å². The molecule has 0 bridgehead atoms. The van der Waals surface area contributed by atoms with Crippen molar-refractivity contribution in [3.8, 4) is 28.7 Å². The summed E-state index contributed by atoms with van der Waals surface area (Å²) in [6.07, 6.45) is 4.52. The number of rotatable bonds is 9. The molecule has 3 aromatic rings. The van der Waals surface area contributed by atoms with Gasteiger partial charge in [0, 0.05) is 43.4 Å². The Hall–Kier alpha value is -3.85. The molecule has 1 atom stereocenters. The summed E-state index contributed by atoms with van der Waals surface area (Å²) in [7, 11) is 4.61. The van der Waals surface area contributed by atoms with Crippen molar-refractivity contribution >= 4 is 46.1 Å². The number of allylic oxidation sites excluding steroid dienone is 1. The average molecular weight is 644 g/mol. The van der Waals surface area contributed by atoms with E-state index in [0.717, 1.165) is 12.8 Å². The molecule has 13 heteroatoms. The average Bonchev–Trinajstić information content (AvgIpc) is 3.00. The van der Waals surface area contributed by atoms with Crippen molar-refractivity contribution in [2.45, 2.75) is 46.3 Å². The summed E-state index contributed by atoms with van der Waals surface area (Å²) in [5.74, 6) is 0.639. The van der Waals surface area contributed by atoms with Crippen LogP contribution in [0.4, 0.5) is 5.95 Å². The lowest BCUT2D eigenvalue weighted by molar-refractivity contribution is -0.130. The molecule has 11 nitrogen and oxygen atoms in total. The van der Waals surface area contributed by atoms with Gasteiger partial charge in [0.15, 0.2) is 0 Å². The summed E-state index contributed by atoms with van der Waals surface area (Å²) < 4.78 is 18.5. The fourth-order valence-corrected chi connectivity index (χ4v) is 5.81. The van der Waals surface area contributed by atoms with Crippen LogP contribution in [0.1, 0.15) is 33.6 Å². The van der Waals surface area contributed by atoms with Crippen LogP contribution in [-0.2, 0) is 16.1 Å². The Bertz CT molecular complexity index is 1660. The fraction of sp³-hybridized carbons (Fsp3) is 0.452. The van der Waals surface area contributed by atoms with E-state index < -0.39 is 5.56 Å². The number of nitrogens with zero attached hydrogens (tertiary/aromatic N) is 5. The number of carbonyl (C=O) groups excluding carboxylic acids is 1. The molecule has 0 radical (unpaired) electrons. The monoisotopic (exact) mass is 642 g/mol. The van der Waals surface area contributed by atoms with Crippen LogP contribution >= 0.6 is 23.2 Å². The third kappa shape index (κ3) is 7.09. The third-order valence-electron chi connectivity index (χ3n) is 7.16. The van der Waals surface area contributed by atoms with Gasteiger partial charge in [-0.25, -0.2) is 4.98 Å². The molecule has 0 spiro atoms. The normalized spacial score (nSPS) is 15.7. The first-order valence-corrected chi connectivity index (χ1v) is 14.9. The van der Waals surface area contributed by atoms with Gasteiger partial charge in [-0.05, 0) is 24.3 Å². The van der Waals surface area contributed by atoms with Gasteiger partial charge in [-0.15, -0.1) is 0 Å². The Labute approximate surface area is 266 Å². The number of hydrogen-bond donors (Lipinski definition) is 1. The largest absolute Gasteiger partial charge is 0.495 e. The van der Waals surface area contributed by atoms with Crippen LogP contribution in [0, 0.1) is 16.7 Å². The molecule has 44 heavy (non-hydrogen) atoms. The second kappa shape index (κ2) is 13.8. The van der Waals surface area contributed by atoms with Crippen molar-refractivity contribution in [2.24, 2.45) is 5.41 Å². The molecule has 4 rings (SSSR count). The maximum atomic E-state index is 14.1. The van der Waals surface area contributed by atoms with E-state index in [1.54, 1.807) is 36.4 Å². The van der Waals surface area contributed by atoms with Crippen LogP contribution in [0.25, 0.3) is 22.2 Å². The smallest absolute Gasteiger partial charge is 0.264 e. The molecule has 3 heterocycles. The Morgan fingerprint density at radius 3 is 2.48 bits per heavy atom. The second-order valence-corrected chi connectivity index (χ2v) is 12.2. The summed E-state index contributed by atoms with van der Waals surface area (Å²) in [6, 6.07) is 5.25. The Balaban J connectivity index is 1.65. The summed E-state index contributed by atoms with van der Waals surface area (Å²) in [4.78, 5) is 37.7. The number of pyridine rings is 1. The zero-order valence-electron chi connectivity index (χ0n) is 25.7. The molecule has 0 saturated carbocycles. The predicted octanol–water partition coefficient (Wildman–Crippen LogP) is 5.33. The van der Waals surface area contributed by atoms with Crippen molar-refractivity contribution in [1.82, 2.24) is 19.4 Å². The molecule has 1 aromatic carbocycles. The Kier molecular flexibility index (Phi) is 10.4. The lowest BCUT2D eigenvalue weighted by Crippen LogP contribution is -2.44. The maximum Gasteiger partial charge on any atom is 0.264 e. The first kappa shape index (κ1) is 33.1. The van der Waals surface area contributed by atoms with Gasteiger partial charge in [0.05, 0.1) is 49.1 Å². The van der Waals surface area contributed by atoms with E-state index in [1.807, 2.05) is 26.8 Å². The highest BCUT2D eigenvalue weighted by Gasteiger charge is 2.28. The topological polar surface area (TPSA) is 132 Å². The van der Waals surface area contributed by atoms with Crippen LogP contribution in [0.15, 0.2) is 34.8 Å². The van der Waals surface area contributed by atoms with Gasteiger partial charge < -0.3 is 24.4 Å². The van der Waals surface area contributed by atoms with Crippen molar-refractivity contribution in [1.29, 1.82) is 5.26 Å². The van der Waals surface area contributed by atoms with Gasteiger partial charge in [-0.3, -0.25) is 14.2 Å². The minimum Gasteiger partial charge on any atom is -0.495 e. The number of halogens is 2. The summed E-state index contributed by atoms with van der Waals surface area (Å²) in [6.45, 7) is 7.03. The van der Waals surface area contributed by atoms with Crippen molar-refractivity contribution in [3.05, 3.63) is 50.4 Å². The van der Waals surface area contributed by atoms with Crippen LogP contribution in [0.3, 0.4) is 0 Å². The van der Waals surface area contributed by atoms with E-state index in [1.165, 1.54) is 18.8 Å². The minimum absolute atomic E-state index is 0.125. The zero-order valence-corrected chi connectivity index (χ0v) is 27.2. The van der Waals surface area contributed by atoms with E-state index in [-0.39, 0.29) is 57.3 Å². The van der Waals surface area contributed by atoms with E-state index in [9.17, 15) is 14.9 Å². The molecule has 1 N–H and O–H groups in total. The van der Waals surface area contributed by atoms with E-state index in [4.69, 9.17) is 37.4 Å². The third-order valence-corrected chi connectivity index (χ3v) is 7.91. The van der Waals surface area contributed by atoms with Gasteiger partial charge in [0.1, 0.15) is 28.8 Å². The van der Waals surface area contributed by atoms with Crippen LogP contribution in [0.5, 0.6) is 11.5 Å². The number of amides is 1. The van der Waals surface area contributed by atoms with E-state index in [0.29, 0.717) is 41.6 Å². The van der Waals surface area contributed by atoms with Crippen molar-refractivity contribution < 1.29 is 19.0 Å². The maximum absolute atomic E-state index is 14.1. The predicted molar refractivity (Wildman–Crippen MR) is 171 cm³/mol. The van der Waals surface area contributed by atoms with Gasteiger partial charge in [0.25, 0.3) is 11.5 Å². The lowest BCUT2D eigenvalue weighted by atomic mass is 9.93. The van der Waals surface area contributed by atoms with Crippen LogP contribution in [-0.4, -0.2) is 72.4 Å². The minimum atomic E-state index is -0.396. The highest BCUT2D eigenvalue weighted by Crippen LogP contribution is 2.45. The van der Waals surface area contributed by atoms with Crippen molar-refractivity contribution in [3.63, 3.8) is 0 Å². The zero-order chi connectivity index (χ0) is 32.2. The molecule has 1 amide bonds. The highest BCUT2D eigenvalue weighted by molar-refractivity contribution is 6.41. The molecule has 0 aliphatic carbocycles. The molecule has 1 aliphatic heterocycles. The van der Waals surface area contributed by atoms with Gasteiger partial charge in [0.2, 0.25) is 5.95 Å². The number of likely N-dealkylation sites (tertiary alicyclic amines) is 1. The number of nitriles is 1. The molecule has 1 aliphatic rings. The van der Waals surface area contributed by atoms with E-state index >= 15 is 0 Å². The van der Waals surface area contributed by atoms with Crippen LogP contribution in [0.2, 0.25) is 10.0 Å². The lowest BCUT2D eigenvalue weighted by Gasteiger charge is -2.33. The molecule has 1 saturated heterocycles. The van der Waals surface area contributed by atoms with Gasteiger partial charge in [-0.1, -0.05) is 50.0 Å². The molecular formula is C31H36Cl2N6O5. The number of nitrogens with one attached hydrogen (secondary N) is 1. The quantitative estimate of drug-likeness (QED) is 0.243. The van der Waals surface area contributed by atoms with E-state index in [2.05, 4.69) is 15.3 Å². The summed E-state index contributed by atoms with van der Waals surface area (Å²) in [5.41, 5.74) is 0.302. The summed E-state index contributed by atoms with van der Waals surface area (Å²) >= 11 is 13.4. The first-order chi connectivity index (χ1) is 20.9. The van der Waals surface area contributed by atoms with Gasteiger partial charge in [-0.2, -0.15) is 10.2 Å². The van der Waals surface area contributed by atoms with Crippen molar-refractivity contribution in [2.75, 3.05) is 46.3 Å². The first-order valence-electron chi connectivity index (χ1n) is 14.1. The highest BCUT2D eigenvalue weighted by atomic mass is 35.5. The second-order valence-electron chi connectivity index (χ2n) is 11.4. The number of fused-ring (bicyclic) bond motifs is 1. The number of aromatic nitrogens is 3. The SMILES string of the molecule is CNc1ncc2cc(-c3c(Cl)c(OC)cc(OC)c3Cl)c(=O)n(CCOC3CCCN(C(=O)/C(C#N)=C/C(C)(C)C)C3)c2n1. The number of hydrogen-bond acceptors (Lipinski definition) is 9. The number of methoxy groups -OCH3 is 2.